The molecule has 8 saturated carbocycles. The molecule has 382 valence electrons. The lowest BCUT2D eigenvalue weighted by molar-refractivity contribution is -0.218. The molecule has 5 N–H and O–H groups in total. The van der Waals surface area contributed by atoms with Crippen molar-refractivity contribution in [3.8, 4) is 0 Å². The fourth-order valence-electron chi connectivity index (χ4n) is 21.1. The van der Waals surface area contributed by atoms with Crippen LogP contribution in [0.4, 0.5) is 0 Å². The number of fused-ring (bicyclic) bond motifs is 14. The van der Waals surface area contributed by atoms with Gasteiger partial charge >= 0.3 is 11.9 Å². The third-order valence-electron chi connectivity index (χ3n) is 26.1. The van der Waals surface area contributed by atoms with Gasteiger partial charge in [-0.15, -0.1) is 0 Å². The number of allylic oxidation sites excluding steroid dienone is 4. The molecule has 8 nitrogen and oxygen atoms in total. The van der Waals surface area contributed by atoms with E-state index in [9.17, 15) is 39.9 Å². The molecule has 18 unspecified atom stereocenters. The molecule has 0 aliphatic heterocycles. The molecule has 10 aliphatic rings. The predicted octanol–water partition coefficient (Wildman–Crippen LogP) is 12.6. The molecule has 10 rings (SSSR count). The molecule has 10 aliphatic carbocycles. The van der Waals surface area contributed by atoms with Crippen molar-refractivity contribution in [1.29, 1.82) is 0 Å². The normalized spacial score (nSPS) is 53.8. The Bertz CT molecular complexity index is 2190. The van der Waals surface area contributed by atoms with Gasteiger partial charge in [-0.2, -0.15) is 0 Å². The molecule has 68 heavy (non-hydrogen) atoms. The SMILES string of the molecule is CC1(C(=O)O)CCC2(C)CCC3(C)C(=CC(=O)C4C5(C)CCC(O)C(C)(C)C5CCC43C)C2C1.CC1(C)CCC2(C(=O)O)C(O)CC3(C)C(=CCC4C5(C)CCC(O)C(C)(C)C5CCC43C)C2C1. The Balaban J connectivity index is 0.000000170. The number of rotatable bonds is 2. The van der Waals surface area contributed by atoms with E-state index in [1.165, 1.54) is 11.1 Å². The number of carbonyl (C=O) groups is 3. The van der Waals surface area contributed by atoms with Crippen molar-refractivity contribution in [1.82, 2.24) is 0 Å². The van der Waals surface area contributed by atoms with Crippen LogP contribution in [0.1, 0.15) is 213 Å². The quantitative estimate of drug-likeness (QED) is 0.172. The van der Waals surface area contributed by atoms with Gasteiger partial charge in [0.05, 0.1) is 23.7 Å². The van der Waals surface area contributed by atoms with Crippen molar-refractivity contribution in [3.63, 3.8) is 0 Å². The third-order valence-corrected chi connectivity index (χ3v) is 26.1. The Hall–Kier alpha value is -2.03. The second kappa shape index (κ2) is 15.3. The molecule has 18 atom stereocenters. The van der Waals surface area contributed by atoms with E-state index in [4.69, 9.17) is 0 Å². The van der Waals surface area contributed by atoms with E-state index in [0.29, 0.717) is 37.0 Å². The Morgan fingerprint density at radius 2 is 1.07 bits per heavy atom. The summed E-state index contributed by atoms with van der Waals surface area (Å²) >= 11 is 0. The van der Waals surface area contributed by atoms with E-state index in [2.05, 4.69) is 96.1 Å². The zero-order chi connectivity index (χ0) is 50.2. The van der Waals surface area contributed by atoms with Crippen LogP contribution in [0.2, 0.25) is 0 Å². The van der Waals surface area contributed by atoms with E-state index in [1.54, 1.807) is 0 Å². The van der Waals surface area contributed by atoms with Gasteiger partial charge in [-0.3, -0.25) is 14.4 Å². The molecule has 0 aromatic heterocycles. The van der Waals surface area contributed by atoms with Gasteiger partial charge in [0.25, 0.3) is 0 Å². The number of aliphatic carboxylic acids is 2. The smallest absolute Gasteiger partial charge is 0.312 e. The van der Waals surface area contributed by atoms with Crippen LogP contribution in [-0.4, -0.2) is 61.6 Å². The molecule has 8 fully saturated rings. The van der Waals surface area contributed by atoms with Gasteiger partial charge in [-0.05, 0) is 212 Å². The summed E-state index contributed by atoms with van der Waals surface area (Å²) in [4.78, 5) is 39.2. The third kappa shape index (κ3) is 6.41. The van der Waals surface area contributed by atoms with Gasteiger partial charge in [0, 0.05) is 5.92 Å². The summed E-state index contributed by atoms with van der Waals surface area (Å²) in [7, 11) is 0. The molecule has 0 saturated heterocycles. The van der Waals surface area contributed by atoms with Crippen LogP contribution in [0.3, 0.4) is 0 Å². The lowest BCUT2D eigenvalue weighted by atomic mass is 9.33. The van der Waals surface area contributed by atoms with Crippen LogP contribution >= 0.6 is 0 Å². The summed E-state index contributed by atoms with van der Waals surface area (Å²) in [5.74, 6) is 0.149. The van der Waals surface area contributed by atoms with Crippen LogP contribution in [0.5, 0.6) is 0 Å². The predicted molar refractivity (Wildman–Crippen MR) is 267 cm³/mol. The molecular formula is C60H94O8. The first kappa shape index (κ1) is 50.9. The number of aliphatic hydroxyl groups excluding tert-OH is 3. The summed E-state index contributed by atoms with van der Waals surface area (Å²) in [5.41, 5.74) is 0.437. The Morgan fingerprint density at radius 1 is 0.515 bits per heavy atom. The lowest BCUT2D eigenvalue weighted by Gasteiger charge is -2.71. The van der Waals surface area contributed by atoms with Crippen molar-refractivity contribution in [3.05, 3.63) is 23.3 Å². The summed E-state index contributed by atoms with van der Waals surface area (Å²) in [6.07, 6.45) is 19.3. The minimum atomic E-state index is -1.04. The summed E-state index contributed by atoms with van der Waals surface area (Å²) in [6, 6.07) is 0. The first-order valence-electron chi connectivity index (χ1n) is 27.6. The molecule has 0 heterocycles. The highest BCUT2D eigenvalue weighted by molar-refractivity contribution is 5.95. The van der Waals surface area contributed by atoms with Crippen LogP contribution in [0.25, 0.3) is 0 Å². The highest BCUT2D eigenvalue weighted by atomic mass is 16.4. The number of ketones is 1. The summed E-state index contributed by atoms with van der Waals surface area (Å²) in [5, 5.41) is 54.0. The Morgan fingerprint density at radius 3 is 1.66 bits per heavy atom. The monoisotopic (exact) mass is 943 g/mol. The van der Waals surface area contributed by atoms with Gasteiger partial charge in [0.1, 0.15) is 5.41 Å². The molecule has 0 radical (unpaired) electrons. The molecule has 0 bridgehead atoms. The molecule has 0 spiro atoms. The van der Waals surface area contributed by atoms with Crippen molar-refractivity contribution in [2.24, 2.45) is 100 Å². The second-order valence-corrected chi connectivity index (χ2v) is 30.1. The van der Waals surface area contributed by atoms with Gasteiger partial charge in [0.2, 0.25) is 0 Å². The van der Waals surface area contributed by atoms with Crippen molar-refractivity contribution >= 4 is 17.7 Å². The van der Waals surface area contributed by atoms with E-state index in [-0.39, 0.29) is 89.9 Å². The van der Waals surface area contributed by atoms with Crippen LogP contribution in [-0.2, 0) is 14.4 Å². The van der Waals surface area contributed by atoms with E-state index >= 15 is 0 Å². The molecule has 0 aromatic rings. The van der Waals surface area contributed by atoms with Crippen molar-refractivity contribution < 1.29 is 39.9 Å². The van der Waals surface area contributed by atoms with Gasteiger partial charge < -0.3 is 25.5 Å². The minimum absolute atomic E-state index is 0.0218. The Kier molecular flexibility index (Phi) is 11.4. The van der Waals surface area contributed by atoms with Crippen molar-refractivity contribution in [2.45, 2.75) is 231 Å². The maximum absolute atomic E-state index is 14.2. The first-order valence-corrected chi connectivity index (χ1v) is 27.6. The van der Waals surface area contributed by atoms with E-state index in [0.717, 1.165) is 96.3 Å². The Labute approximate surface area is 410 Å². The lowest BCUT2D eigenvalue weighted by Crippen LogP contribution is -2.67. The fourth-order valence-corrected chi connectivity index (χ4v) is 21.1. The standard InChI is InChI=1S/C30H46O4.C30H48O4/c1-25(2)21-8-11-30(7)23(28(21,5)10-9-22(25)32)20(31)16-18-19-17-27(4,24(33)34)13-12-26(19,3)14-15-29(18,30)6;1-25(2)14-15-30(24(33)34)19(16-25)18-8-9-21-27(5)12-11-22(31)26(3,4)20(27)10-13-28(21,6)29(18,7)17-23(30)32/h16,19,21-23,32H,8-15,17H2,1-7H3,(H,33,34);8,19-23,31-32H,9-17H2,1-7H3,(H,33,34). The maximum Gasteiger partial charge on any atom is 0.312 e. The maximum atomic E-state index is 14.2. The minimum Gasteiger partial charge on any atom is -0.481 e. The number of carboxylic acid groups (broad SMARTS) is 2. The number of hydrogen-bond acceptors (Lipinski definition) is 6. The zero-order valence-electron chi connectivity index (χ0n) is 45.0. The molecule has 8 heteroatoms. The van der Waals surface area contributed by atoms with Crippen LogP contribution in [0, 0.1) is 100 Å². The number of carbonyl (C=O) groups excluding carboxylic acids is 1. The average molecular weight is 943 g/mol. The second-order valence-electron chi connectivity index (χ2n) is 30.1. The highest BCUT2D eigenvalue weighted by Gasteiger charge is 2.73. The summed E-state index contributed by atoms with van der Waals surface area (Å²) in [6.45, 7) is 32.2. The fraction of sp³-hybridized carbons (Fsp3) is 0.883. The highest BCUT2D eigenvalue weighted by Crippen LogP contribution is 2.78. The average Bonchev–Trinajstić information content (AvgIpc) is 3.22. The molecule has 0 aromatic carbocycles. The van der Waals surface area contributed by atoms with Crippen LogP contribution in [0.15, 0.2) is 23.3 Å². The first-order chi connectivity index (χ1) is 31.1. The topological polar surface area (TPSA) is 152 Å². The number of carboxylic acids is 2. The van der Waals surface area contributed by atoms with Gasteiger partial charge in [-0.1, -0.05) is 107 Å². The molecular weight excluding hydrogens is 849 g/mol. The number of hydrogen-bond donors (Lipinski definition) is 5. The van der Waals surface area contributed by atoms with E-state index in [1.807, 2.05) is 13.0 Å². The van der Waals surface area contributed by atoms with Gasteiger partial charge in [0.15, 0.2) is 5.78 Å². The summed E-state index contributed by atoms with van der Waals surface area (Å²) < 4.78 is 0. The van der Waals surface area contributed by atoms with Crippen molar-refractivity contribution in [2.75, 3.05) is 0 Å². The number of aliphatic hydroxyl groups is 3. The largest absolute Gasteiger partial charge is 0.481 e. The van der Waals surface area contributed by atoms with E-state index < -0.39 is 28.9 Å². The van der Waals surface area contributed by atoms with Crippen LogP contribution < -0.4 is 0 Å². The zero-order valence-corrected chi connectivity index (χ0v) is 45.0. The molecule has 0 amide bonds. The van der Waals surface area contributed by atoms with Gasteiger partial charge in [-0.25, -0.2) is 0 Å².